The van der Waals surface area contributed by atoms with Gasteiger partial charge in [0, 0.05) is 6.04 Å². The lowest BCUT2D eigenvalue weighted by atomic mass is 9.97. The van der Waals surface area contributed by atoms with Crippen molar-refractivity contribution in [1.29, 1.82) is 0 Å². The highest BCUT2D eigenvalue weighted by molar-refractivity contribution is 5.93. The molecule has 0 fully saturated rings. The Kier molecular flexibility index (Phi) is 10.5. The number of esters is 1. The van der Waals surface area contributed by atoms with Crippen molar-refractivity contribution in [2.24, 2.45) is 0 Å². The summed E-state index contributed by atoms with van der Waals surface area (Å²) in [5, 5.41) is 5.13. The van der Waals surface area contributed by atoms with E-state index in [1.54, 1.807) is 33.8 Å². The molecule has 0 heterocycles. The fourth-order valence-corrected chi connectivity index (χ4v) is 3.27. The number of amides is 3. The van der Waals surface area contributed by atoms with Gasteiger partial charge < -0.3 is 25.0 Å². The molecule has 1 rings (SSSR count). The zero-order valence-electron chi connectivity index (χ0n) is 21.8. The van der Waals surface area contributed by atoms with Crippen LogP contribution >= 0.6 is 0 Å². The molecule has 1 aromatic rings. The summed E-state index contributed by atoms with van der Waals surface area (Å²) < 4.78 is 9.90. The zero-order valence-corrected chi connectivity index (χ0v) is 21.8. The highest BCUT2D eigenvalue weighted by Gasteiger charge is 2.37. The van der Waals surface area contributed by atoms with Gasteiger partial charge in [0.25, 0.3) is 0 Å². The number of carbonyl (C=O) groups excluding carboxylic acids is 4. The first kappa shape index (κ1) is 28.9. The molecular weight excluding hydrogens is 438 g/mol. The first-order valence-corrected chi connectivity index (χ1v) is 11.4. The van der Waals surface area contributed by atoms with Crippen molar-refractivity contribution in [3.8, 4) is 0 Å². The summed E-state index contributed by atoms with van der Waals surface area (Å²) >= 11 is 0. The lowest BCUT2D eigenvalue weighted by molar-refractivity contribution is -0.146. The van der Waals surface area contributed by atoms with Crippen molar-refractivity contribution >= 4 is 23.9 Å². The molecule has 3 amide bonds. The van der Waals surface area contributed by atoms with E-state index in [2.05, 4.69) is 15.4 Å². The van der Waals surface area contributed by atoms with Gasteiger partial charge in [-0.15, -0.1) is 0 Å². The van der Waals surface area contributed by atoms with E-state index in [9.17, 15) is 19.2 Å². The maximum absolute atomic E-state index is 13.6. The predicted octanol–water partition coefficient (Wildman–Crippen LogP) is 3.17. The molecule has 3 unspecified atom stereocenters. The molecule has 0 saturated heterocycles. The number of nitrogens with zero attached hydrogens (tertiary/aromatic N) is 1. The summed E-state index contributed by atoms with van der Waals surface area (Å²) in [6.07, 6.45) is -0.161. The summed E-state index contributed by atoms with van der Waals surface area (Å²) in [5.41, 5.74) is 1.88. The molecule has 0 saturated carbocycles. The van der Waals surface area contributed by atoms with Crippen LogP contribution in [0.15, 0.2) is 18.2 Å². The average molecular weight is 478 g/mol. The van der Waals surface area contributed by atoms with Crippen molar-refractivity contribution in [3.05, 3.63) is 34.9 Å². The number of alkyl carbamates (subject to hydrolysis) is 1. The molecule has 3 atom stereocenters. The first-order chi connectivity index (χ1) is 15.7. The van der Waals surface area contributed by atoms with Gasteiger partial charge in [-0.2, -0.15) is 0 Å². The molecule has 0 bridgehead atoms. The number of carbonyl (C=O) groups is 4. The quantitative estimate of drug-likeness (QED) is 0.528. The Morgan fingerprint density at radius 3 is 2.18 bits per heavy atom. The standard InChI is InChI=1S/C25H39N3O6/c1-10-17(4)28(23(31)18(5)27-24(32)34-25(6,7)8)21(22(30)26-14-20(29)33-9)19-12-11-15(2)16(3)13-19/h11-13,17-18,21H,10,14H2,1-9H3,(H,26,30)(H,27,32). The van der Waals surface area contributed by atoms with E-state index in [1.165, 1.54) is 12.0 Å². The van der Waals surface area contributed by atoms with Gasteiger partial charge in [0.1, 0.15) is 24.2 Å². The van der Waals surface area contributed by atoms with Crippen LogP contribution in [0.3, 0.4) is 0 Å². The molecule has 0 radical (unpaired) electrons. The Hall–Kier alpha value is -3.10. The van der Waals surface area contributed by atoms with Crippen molar-refractivity contribution in [3.63, 3.8) is 0 Å². The fourth-order valence-electron chi connectivity index (χ4n) is 3.27. The third-order valence-electron chi connectivity index (χ3n) is 5.43. The summed E-state index contributed by atoms with van der Waals surface area (Å²) in [5.74, 6) is -1.57. The minimum absolute atomic E-state index is 0.328. The molecule has 0 spiro atoms. The van der Waals surface area contributed by atoms with Crippen molar-refractivity contribution in [1.82, 2.24) is 15.5 Å². The summed E-state index contributed by atoms with van der Waals surface area (Å²) in [6.45, 7) is 14.0. The number of methoxy groups -OCH3 is 1. The second kappa shape index (κ2) is 12.4. The number of rotatable bonds is 9. The monoisotopic (exact) mass is 477 g/mol. The van der Waals surface area contributed by atoms with E-state index in [0.29, 0.717) is 12.0 Å². The number of nitrogens with one attached hydrogen (secondary N) is 2. The molecule has 9 nitrogen and oxygen atoms in total. The van der Waals surface area contributed by atoms with E-state index < -0.39 is 41.6 Å². The molecule has 34 heavy (non-hydrogen) atoms. The predicted molar refractivity (Wildman–Crippen MR) is 129 cm³/mol. The average Bonchev–Trinajstić information content (AvgIpc) is 2.75. The molecule has 1 aromatic carbocycles. The highest BCUT2D eigenvalue weighted by Crippen LogP contribution is 2.27. The summed E-state index contributed by atoms with van der Waals surface area (Å²) in [7, 11) is 1.23. The largest absolute Gasteiger partial charge is 0.468 e. The number of aryl methyl sites for hydroxylation is 2. The lowest BCUT2D eigenvalue weighted by Gasteiger charge is -2.37. The van der Waals surface area contributed by atoms with Crippen LogP contribution in [0.2, 0.25) is 0 Å². The number of hydrogen-bond donors (Lipinski definition) is 2. The van der Waals surface area contributed by atoms with E-state index >= 15 is 0 Å². The van der Waals surface area contributed by atoms with Crippen LogP contribution in [-0.2, 0) is 23.9 Å². The Labute approximate surface area is 202 Å². The van der Waals surface area contributed by atoms with Crippen LogP contribution in [0.1, 0.15) is 70.7 Å². The molecular formula is C25H39N3O6. The van der Waals surface area contributed by atoms with Crippen LogP contribution in [0.5, 0.6) is 0 Å². The van der Waals surface area contributed by atoms with E-state index in [0.717, 1.165) is 11.1 Å². The zero-order chi connectivity index (χ0) is 26.2. The maximum atomic E-state index is 13.6. The second-order valence-electron chi connectivity index (χ2n) is 9.41. The van der Waals surface area contributed by atoms with Gasteiger partial charge in [0.2, 0.25) is 11.8 Å². The van der Waals surface area contributed by atoms with Crippen molar-refractivity contribution in [2.75, 3.05) is 13.7 Å². The lowest BCUT2D eigenvalue weighted by Crippen LogP contribution is -2.54. The van der Waals surface area contributed by atoms with Crippen molar-refractivity contribution < 1.29 is 28.7 Å². The summed E-state index contributed by atoms with van der Waals surface area (Å²) in [4.78, 5) is 52.3. The van der Waals surface area contributed by atoms with Crippen LogP contribution in [0.4, 0.5) is 4.79 Å². The molecule has 0 aromatic heterocycles. The van der Waals surface area contributed by atoms with E-state index in [-0.39, 0.29) is 12.6 Å². The minimum atomic E-state index is -1.02. The van der Waals surface area contributed by atoms with E-state index in [1.807, 2.05) is 39.8 Å². The van der Waals surface area contributed by atoms with Gasteiger partial charge in [0.15, 0.2) is 0 Å². The SMILES string of the molecule is CCC(C)N(C(=O)C(C)NC(=O)OC(C)(C)C)C(C(=O)NCC(=O)OC)c1ccc(C)c(C)c1. The second-order valence-corrected chi connectivity index (χ2v) is 9.41. The highest BCUT2D eigenvalue weighted by atomic mass is 16.6. The number of benzene rings is 1. The third-order valence-corrected chi connectivity index (χ3v) is 5.43. The maximum Gasteiger partial charge on any atom is 0.408 e. The normalized spacial score (nSPS) is 13.8. The molecule has 190 valence electrons. The topological polar surface area (TPSA) is 114 Å². The van der Waals surface area contributed by atoms with Crippen LogP contribution in [0, 0.1) is 13.8 Å². The van der Waals surface area contributed by atoms with Crippen LogP contribution in [-0.4, -0.2) is 60.1 Å². The Morgan fingerprint density at radius 2 is 1.68 bits per heavy atom. The van der Waals surface area contributed by atoms with Gasteiger partial charge in [-0.3, -0.25) is 14.4 Å². The number of hydrogen-bond acceptors (Lipinski definition) is 6. The fraction of sp³-hybridized carbons (Fsp3) is 0.600. The van der Waals surface area contributed by atoms with Gasteiger partial charge in [-0.25, -0.2) is 4.79 Å². The van der Waals surface area contributed by atoms with Crippen molar-refractivity contribution in [2.45, 2.75) is 85.5 Å². The molecule has 9 heteroatoms. The van der Waals surface area contributed by atoms with Gasteiger partial charge in [-0.1, -0.05) is 25.1 Å². The van der Waals surface area contributed by atoms with Crippen LogP contribution in [0.25, 0.3) is 0 Å². The summed E-state index contributed by atoms with van der Waals surface area (Å²) in [6, 6.07) is 3.21. The first-order valence-electron chi connectivity index (χ1n) is 11.4. The third kappa shape index (κ3) is 8.35. The Morgan fingerprint density at radius 1 is 1.06 bits per heavy atom. The smallest absolute Gasteiger partial charge is 0.408 e. The Balaban J connectivity index is 3.39. The van der Waals surface area contributed by atoms with Gasteiger partial charge in [-0.05, 0) is 71.6 Å². The Bertz CT molecular complexity index is 893. The van der Waals surface area contributed by atoms with Gasteiger partial charge >= 0.3 is 12.1 Å². The van der Waals surface area contributed by atoms with Gasteiger partial charge in [0.05, 0.1) is 7.11 Å². The molecule has 0 aliphatic carbocycles. The minimum Gasteiger partial charge on any atom is -0.468 e. The molecule has 0 aliphatic heterocycles. The number of ether oxygens (including phenoxy) is 2. The van der Waals surface area contributed by atoms with E-state index in [4.69, 9.17) is 4.74 Å². The molecule has 2 N–H and O–H groups in total. The van der Waals surface area contributed by atoms with Crippen LogP contribution < -0.4 is 10.6 Å². The molecule has 0 aliphatic rings.